The summed E-state index contributed by atoms with van der Waals surface area (Å²) >= 11 is 0. The lowest BCUT2D eigenvalue weighted by Gasteiger charge is -2.54. The Morgan fingerprint density at radius 3 is 2.45 bits per heavy atom. The molecule has 5 rings (SSSR count). The number of hydrogen-bond donors (Lipinski definition) is 0. The standard InChI is InChI=1S/C22H26F3N3O/c23-22(24,25)14-27-11-8-16-4-5-18(26-19(16)27)15-6-9-21(10-7-15)12-28(13-21)20(29)17-2-1-3-17/h4-5,8,11,15,17H,1-3,6-7,9-10,12-14H2. The van der Waals surface area contributed by atoms with E-state index in [1.165, 1.54) is 17.2 Å². The Balaban J connectivity index is 1.23. The van der Waals surface area contributed by atoms with E-state index in [4.69, 9.17) is 0 Å². The van der Waals surface area contributed by atoms with Crippen LogP contribution in [0.5, 0.6) is 0 Å². The Hall–Kier alpha value is -2.05. The number of rotatable bonds is 3. The van der Waals surface area contributed by atoms with E-state index in [0.717, 1.165) is 62.7 Å². The second kappa shape index (κ2) is 6.74. The number of carbonyl (C=O) groups excluding carboxylic acids is 1. The number of amides is 1. The smallest absolute Gasteiger partial charge is 0.341 e. The molecule has 2 saturated carbocycles. The highest BCUT2D eigenvalue weighted by Gasteiger charge is 2.48. The Morgan fingerprint density at radius 2 is 1.83 bits per heavy atom. The molecule has 0 atom stereocenters. The Labute approximate surface area is 168 Å². The molecular weight excluding hydrogens is 379 g/mol. The van der Waals surface area contributed by atoms with Gasteiger partial charge in [0.2, 0.25) is 5.91 Å². The largest absolute Gasteiger partial charge is 0.406 e. The van der Waals surface area contributed by atoms with Gasteiger partial charge in [0.15, 0.2) is 0 Å². The molecule has 0 radical (unpaired) electrons. The summed E-state index contributed by atoms with van der Waals surface area (Å²) in [4.78, 5) is 19.0. The van der Waals surface area contributed by atoms with E-state index in [0.29, 0.717) is 11.6 Å². The van der Waals surface area contributed by atoms with Gasteiger partial charge in [-0.3, -0.25) is 4.79 Å². The predicted octanol–water partition coefficient (Wildman–Crippen LogP) is 4.88. The van der Waals surface area contributed by atoms with Crippen molar-refractivity contribution in [1.82, 2.24) is 14.5 Å². The third kappa shape index (κ3) is 3.53. The highest BCUT2D eigenvalue weighted by molar-refractivity contribution is 5.80. The van der Waals surface area contributed by atoms with Gasteiger partial charge in [-0.05, 0) is 56.7 Å². The van der Waals surface area contributed by atoms with Gasteiger partial charge in [-0.2, -0.15) is 13.2 Å². The molecule has 0 unspecified atom stereocenters. The van der Waals surface area contributed by atoms with E-state index in [1.807, 2.05) is 17.0 Å². The Morgan fingerprint density at radius 1 is 1.10 bits per heavy atom. The van der Waals surface area contributed by atoms with Gasteiger partial charge in [0.1, 0.15) is 12.2 Å². The molecule has 3 aliphatic rings. The molecule has 3 heterocycles. The van der Waals surface area contributed by atoms with Crippen LogP contribution in [0.25, 0.3) is 11.0 Å². The average Bonchev–Trinajstić information content (AvgIpc) is 2.98. The topological polar surface area (TPSA) is 38.1 Å². The lowest BCUT2D eigenvalue weighted by molar-refractivity contribution is -0.153. The minimum atomic E-state index is -4.26. The van der Waals surface area contributed by atoms with Crippen LogP contribution >= 0.6 is 0 Å². The lowest BCUT2D eigenvalue weighted by Crippen LogP contribution is -2.61. The van der Waals surface area contributed by atoms with Crippen molar-refractivity contribution in [3.63, 3.8) is 0 Å². The number of halogens is 3. The molecule has 1 spiro atoms. The third-order valence-electron chi connectivity index (χ3n) is 7.27. The Bertz CT molecular complexity index is 915. The van der Waals surface area contributed by atoms with Gasteiger partial charge in [0.05, 0.1) is 0 Å². The van der Waals surface area contributed by atoms with Crippen LogP contribution in [0.3, 0.4) is 0 Å². The molecule has 1 amide bonds. The monoisotopic (exact) mass is 405 g/mol. The first-order valence-electron chi connectivity index (χ1n) is 10.6. The van der Waals surface area contributed by atoms with Crippen LogP contribution in [0.4, 0.5) is 13.2 Å². The van der Waals surface area contributed by atoms with Gasteiger partial charge in [-0.1, -0.05) is 6.42 Å². The summed E-state index contributed by atoms with van der Waals surface area (Å²) in [5.74, 6) is 0.907. The van der Waals surface area contributed by atoms with Gasteiger partial charge >= 0.3 is 6.18 Å². The number of alkyl halides is 3. The van der Waals surface area contributed by atoms with Crippen molar-refractivity contribution in [2.24, 2.45) is 11.3 Å². The highest BCUT2D eigenvalue weighted by atomic mass is 19.4. The zero-order valence-electron chi connectivity index (χ0n) is 16.4. The van der Waals surface area contributed by atoms with Gasteiger partial charge in [-0.25, -0.2) is 4.98 Å². The SMILES string of the molecule is O=C(C1CCC1)N1CC2(CCC(c3ccc4ccn(CC(F)(F)F)c4n3)CC2)C1. The van der Waals surface area contributed by atoms with E-state index in [9.17, 15) is 18.0 Å². The normalized spacial score (nSPS) is 22.7. The second-order valence-corrected chi connectivity index (χ2v) is 9.30. The van der Waals surface area contributed by atoms with Gasteiger partial charge in [0.25, 0.3) is 0 Å². The van der Waals surface area contributed by atoms with Crippen molar-refractivity contribution < 1.29 is 18.0 Å². The van der Waals surface area contributed by atoms with E-state index < -0.39 is 12.7 Å². The van der Waals surface area contributed by atoms with Crippen molar-refractivity contribution in [3.05, 3.63) is 30.1 Å². The molecule has 3 fully saturated rings. The summed E-state index contributed by atoms with van der Waals surface area (Å²) in [7, 11) is 0. The maximum Gasteiger partial charge on any atom is 0.406 e. The molecule has 4 nitrogen and oxygen atoms in total. The van der Waals surface area contributed by atoms with Crippen LogP contribution in [-0.4, -0.2) is 39.6 Å². The van der Waals surface area contributed by atoms with E-state index >= 15 is 0 Å². The molecule has 2 aromatic heterocycles. The lowest BCUT2D eigenvalue weighted by atomic mass is 9.65. The molecule has 0 aromatic carbocycles. The molecule has 2 aliphatic carbocycles. The molecule has 1 aliphatic heterocycles. The maximum absolute atomic E-state index is 12.8. The van der Waals surface area contributed by atoms with Crippen LogP contribution in [0, 0.1) is 11.3 Å². The van der Waals surface area contributed by atoms with E-state index in [-0.39, 0.29) is 17.3 Å². The van der Waals surface area contributed by atoms with Crippen LogP contribution < -0.4 is 0 Å². The summed E-state index contributed by atoms with van der Waals surface area (Å²) in [6, 6.07) is 5.54. The fraction of sp³-hybridized carbons (Fsp3) is 0.636. The molecule has 0 bridgehead atoms. The molecule has 156 valence electrons. The quantitative estimate of drug-likeness (QED) is 0.730. The van der Waals surface area contributed by atoms with Gasteiger partial charge in [0, 0.05) is 47.6 Å². The molecule has 1 saturated heterocycles. The number of fused-ring (bicyclic) bond motifs is 1. The third-order valence-corrected chi connectivity index (χ3v) is 7.27. The number of aromatic nitrogens is 2. The summed E-state index contributed by atoms with van der Waals surface area (Å²) in [6.07, 6.45) is 4.60. The fourth-order valence-corrected chi connectivity index (χ4v) is 5.30. The average molecular weight is 405 g/mol. The zero-order valence-corrected chi connectivity index (χ0v) is 16.4. The molecular formula is C22H26F3N3O. The number of nitrogens with zero attached hydrogens (tertiary/aromatic N) is 3. The van der Waals surface area contributed by atoms with E-state index in [1.54, 1.807) is 6.07 Å². The first-order chi connectivity index (χ1) is 13.8. The highest BCUT2D eigenvalue weighted by Crippen LogP contribution is 2.49. The van der Waals surface area contributed by atoms with Crippen molar-refractivity contribution in [2.45, 2.75) is 63.6 Å². The van der Waals surface area contributed by atoms with Crippen LogP contribution in [0.2, 0.25) is 0 Å². The number of hydrogen-bond acceptors (Lipinski definition) is 2. The van der Waals surface area contributed by atoms with Crippen LogP contribution in [0.15, 0.2) is 24.4 Å². The Kier molecular flexibility index (Phi) is 4.40. The maximum atomic E-state index is 12.8. The van der Waals surface area contributed by atoms with E-state index in [2.05, 4.69) is 4.98 Å². The van der Waals surface area contributed by atoms with Crippen molar-refractivity contribution in [1.29, 1.82) is 0 Å². The fourth-order valence-electron chi connectivity index (χ4n) is 5.30. The number of pyridine rings is 1. The zero-order chi connectivity index (χ0) is 20.2. The van der Waals surface area contributed by atoms with Crippen molar-refractivity contribution >= 4 is 16.9 Å². The molecule has 29 heavy (non-hydrogen) atoms. The van der Waals surface area contributed by atoms with Crippen molar-refractivity contribution in [3.8, 4) is 0 Å². The van der Waals surface area contributed by atoms with Crippen LogP contribution in [0.1, 0.15) is 56.6 Å². The number of carbonyl (C=O) groups is 1. The molecule has 0 N–H and O–H groups in total. The van der Waals surface area contributed by atoms with Crippen LogP contribution in [-0.2, 0) is 11.3 Å². The number of likely N-dealkylation sites (tertiary alicyclic amines) is 1. The minimum absolute atomic E-state index is 0.260. The van der Waals surface area contributed by atoms with Crippen molar-refractivity contribution in [2.75, 3.05) is 13.1 Å². The summed E-state index contributed by atoms with van der Waals surface area (Å²) < 4.78 is 39.7. The second-order valence-electron chi connectivity index (χ2n) is 9.30. The van der Waals surface area contributed by atoms with Gasteiger partial charge < -0.3 is 9.47 Å². The molecule has 7 heteroatoms. The minimum Gasteiger partial charge on any atom is -0.341 e. The predicted molar refractivity (Wildman–Crippen MR) is 103 cm³/mol. The summed E-state index contributed by atoms with van der Waals surface area (Å²) in [5, 5.41) is 0.745. The first-order valence-corrected chi connectivity index (χ1v) is 10.6. The molecule has 2 aromatic rings. The van der Waals surface area contributed by atoms with Gasteiger partial charge in [-0.15, -0.1) is 0 Å². The summed E-state index contributed by atoms with van der Waals surface area (Å²) in [6.45, 7) is 0.761. The first kappa shape index (κ1) is 18.9. The summed E-state index contributed by atoms with van der Waals surface area (Å²) in [5.41, 5.74) is 1.58.